The summed E-state index contributed by atoms with van der Waals surface area (Å²) < 4.78 is 37.2. The van der Waals surface area contributed by atoms with E-state index in [1.54, 1.807) is 24.3 Å². The van der Waals surface area contributed by atoms with Crippen LogP contribution in [0.2, 0.25) is 0 Å². The van der Waals surface area contributed by atoms with Gasteiger partial charge >= 0.3 is 5.97 Å². The lowest BCUT2D eigenvalue weighted by Crippen LogP contribution is -2.40. The summed E-state index contributed by atoms with van der Waals surface area (Å²) in [5.41, 5.74) is 0.637. The molecule has 8 nitrogen and oxygen atoms in total. The van der Waals surface area contributed by atoms with E-state index in [0.29, 0.717) is 18.9 Å². The number of esters is 1. The third-order valence-corrected chi connectivity index (χ3v) is 6.27. The second kappa shape index (κ2) is 9.17. The van der Waals surface area contributed by atoms with Crippen molar-refractivity contribution in [2.75, 3.05) is 31.6 Å². The van der Waals surface area contributed by atoms with Crippen molar-refractivity contribution < 1.29 is 27.5 Å². The van der Waals surface area contributed by atoms with Gasteiger partial charge < -0.3 is 14.8 Å². The molecule has 1 aliphatic rings. The second-order valence-corrected chi connectivity index (χ2v) is 8.39. The minimum Gasteiger partial charge on any atom is -0.449 e. The highest BCUT2D eigenvalue weighted by atomic mass is 32.2. The Labute approximate surface area is 169 Å². The molecule has 1 fully saturated rings. The number of hydrogen-bond acceptors (Lipinski definition) is 6. The van der Waals surface area contributed by atoms with E-state index in [2.05, 4.69) is 5.32 Å². The van der Waals surface area contributed by atoms with Crippen LogP contribution in [0.15, 0.2) is 59.5 Å². The molecule has 0 saturated carbocycles. The molecule has 1 saturated heterocycles. The SMILES string of the molecule is C[C@@H](OC(=O)c1cccc(S(=O)(=O)N2CCOCC2)c1)C(=O)Nc1ccccc1. The number of benzene rings is 2. The average Bonchev–Trinajstić information content (AvgIpc) is 2.75. The molecule has 1 amide bonds. The van der Waals surface area contributed by atoms with Crippen molar-refractivity contribution in [1.82, 2.24) is 4.31 Å². The maximum atomic E-state index is 12.7. The number of anilines is 1. The van der Waals surface area contributed by atoms with Crippen molar-refractivity contribution in [2.45, 2.75) is 17.9 Å². The van der Waals surface area contributed by atoms with Gasteiger partial charge in [0.2, 0.25) is 10.0 Å². The predicted molar refractivity (Wildman–Crippen MR) is 106 cm³/mol. The molecule has 0 aromatic heterocycles. The number of carbonyl (C=O) groups is 2. The first-order valence-corrected chi connectivity index (χ1v) is 10.6. The number of ether oxygens (including phenoxy) is 2. The smallest absolute Gasteiger partial charge is 0.338 e. The number of nitrogens with zero attached hydrogens (tertiary/aromatic N) is 1. The molecule has 0 spiro atoms. The molecule has 29 heavy (non-hydrogen) atoms. The van der Waals surface area contributed by atoms with E-state index in [1.807, 2.05) is 6.07 Å². The van der Waals surface area contributed by atoms with Crippen LogP contribution in [0.3, 0.4) is 0 Å². The zero-order valence-electron chi connectivity index (χ0n) is 15.9. The topological polar surface area (TPSA) is 102 Å². The molecule has 1 heterocycles. The third kappa shape index (κ3) is 5.20. The Bertz CT molecular complexity index is 971. The van der Waals surface area contributed by atoms with Crippen molar-refractivity contribution >= 4 is 27.6 Å². The molecule has 0 radical (unpaired) electrons. The Morgan fingerprint density at radius 1 is 1.07 bits per heavy atom. The third-order valence-electron chi connectivity index (χ3n) is 4.37. The fourth-order valence-corrected chi connectivity index (χ4v) is 4.22. The highest BCUT2D eigenvalue weighted by Gasteiger charge is 2.27. The quantitative estimate of drug-likeness (QED) is 0.719. The van der Waals surface area contributed by atoms with Crippen LogP contribution >= 0.6 is 0 Å². The minimum atomic E-state index is -3.74. The average molecular weight is 418 g/mol. The maximum Gasteiger partial charge on any atom is 0.338 e. The fourth-order valence-electron chi connectivity index (χ4n) is 2.77. The van der Waals surface area contributed by atoms with Crippen molar-refractivity contribution in [3.63, 3.8) is 0 Å². The van der Waals surface area contributed by atoms with Gasteiger partial charge in [0.15, 0.2) is 6.10 Å². The highest BCUT2D eigenvalue weighted by Crippen LogP contribution is 2.19. The number of hydrogen-bond donors (Lipinski definition) is 1. The number of rotatable bonds is 6. The van der Waals surface area contributed by atoms with E-state index in [-0.39, 0.29) is 23.5 Å². The van der Waals surface area contributed by atoms with E-state index < -0.39 is 28.0 Å². The molecule has 2 aromatic carbocycles. The molecule has 154 valence electrons. The fraction of sp³-hybridized carbons (Fsp3) is 0.300. The van der Waals surface area contributed by atoms with Crippen molar-refractivity contribution in [1.29, 1.82) is 0 Å². The van der Waals surface area contributed by atoms with Crippen LogP contribution in [0, 0.1) is 0 Å². The van der Waals surface area contributed by atoms with Crippen LogP contribution < -0.4 is 5.32 Å². The van der Waals surface area contributed by atoms with Crippen LogP contribution in [-0.4, -0.2) is 57.0 Å². The molecular weight excluding hydrogens is 396 g/mol. The van der Waals surface area contributed by atoms with Crippen molar-refractivity contribution in [3.8, 4) is 0 Å². The summed E-state index contributed by atoms with van der Waals surface area (Å²) in [6.45, 7) is 2.62. The number of amides is 1. The van der Waals surface area contributed by atoms with Gasteiger partial charge in [-0.15, -0.1) is 0 Å². The first-order valence-electron chi connectivity index (χ1n) is 9.13. The van der Waals surface area contributed by atoms with Crippen molar-refractivity contribution in [2.24, 2.45) is 0 Å². The van der Waals surface area contributed by atoms with Gasteiger partial charge in [0.25, 0.3) is 5.91 Å². The first kappa shape index (κ1) is 21.0. The maximum absolute atomic E-state index is 12.7. The summed E-state index contributed by atoms with van der Waals surface area (Å²) in [5.74, 6) is -1.26. The van der Waals surface area contributed by atoms with Gasteiger partial charge in [-0.1, -0.05) is 24.3 Å². The standard InChI is InChI=1S/C20H22N2O6S/c1-15(19(23)21-17-7-3-2-4-8-17)28-20(24)16-6-5-9-18(14-16)29(25,26)22-10-12-27-13-11-22/h2-9,14-15H,10-13H2,1H3,(H,21,23)/t15-/m1/s1. The monoisotopic (exact) mass is 418 g/mol. The van der Waals surface area contributed by atoms with E-state index >= 15 is 0 Å². The molecule has 0 unspecified atom stereocenters. The van der Waals surface area contributed by atoms with Gasteiger partial charge in [-0.05, 0) is 37.3 Å². The number of nitrogens with one attached hydrogen (secondary N) is 1. The molecule has 3 rings (SSSR count). The Hall–Kier alpha value is -2.75. The summed E-state index contributed by atoms with van der Waals surface area (Å²) in [7, 11) is -3.74. The van der Waals surface area contributed by atoms with E-state index in [0.717, 1.165) is 0 Å². The molecule has 0 aliphatic carbocycles. The first-order chi connectivity index (χ1) is 13.9. The second-order valence-electron chi connectivity index (χ2n) is 6.45. The number of morpholine rings is 1. The molecule has 0 bridgehead atoms. The van der Waals surface area contributed by atoms with Crippen LogP contribution in [0.4, 0.5) is 5.69 Å². The van der Waals surface area contributed by atoms with E-state index in [9.17, 15) is 18.0 Å². The lowest BCUT2D eigenvalue weighted by molar-refractivity contribution is -0.123. The Balaban J connectivity index is 1.68. The van der Waals surface area contributed by atoms with Crippen LogP contribution in [-0.2, 0) is 24.3 Å². The number of para-hydroxylation sites is 1. The number of carbonyl (C=O) groups excluding carboxylic acids is 2. The van der Waals surface area contributed by atoms with Crippen LogP contribution in [0.1, 0.15) is 17.3 Å². The summed E-state index contributed by atoms with van der Waals surface area (Å²) in [6, 6.07) is 14.4. The summed E-state index contributed by atoms with van der Waals surface area (Å²) in [4.78, 5) is 24.6. The van der Waals surface area contributed by atoms with Gasteiger partial charge in [0.05, 0.1) is 23.7 Å². The zero-order chi connectivity index (χ0) is 20.9. The summed E-state index contributed by atoms with van der Waals surface area (Å²) in [6.07, 6.45) is -1.05. The van der Waals surface area contributed by atoms with Gasteiger partial charge in [-0.2, -0.15) is 4.31 Å². The van der Waals surface area contributed by atoms with Crippen LogP contribution in [0.25, 0.3) is 0 Å². The van der Waals surface area contributed by atoms with Crippen molar-refractivity contribution in [3.05, 3.63) is 60.2 Å². The Morgan fingerprint density at radius 3 is 2.45 bits per heavy atom. The van der Waals surface area contributed by atoms with Gasteiger partial charge in [0, 0.05) is 18.8 Å². The normalized spacial score (nSPS) is 16.0. The van der Waals surface area contributed by atoms with Gasteiger partial charge in [-0.25, -0.2) is 13.2 Å². The molecule has 2 aromatic rings. The number of sulfonamides is 1. The summed E-state index contributed by atoms with van der Waals surface area (Å²) >= 11 is 0. The van der Waals surface area contributed by atoms with E-state index in [4.69, 9.17) is 9.47 Å². The lowest BCUT2D eigenvalue weighted by atomic mass is 10.2. The molecular formula is C20H22N2O6S. The Morgan fingerprint density at radius 2 is 1.76 bits per heavy atom. The summed E-state index contributed by atoms with van der Waals surface area (Å²) in [5, 5.41) is 2.65. The Kier molecular flexibility index (Phi) is 6.63. The van der Waals surface area contributed by atoms with Gasteiger partial charge in [0.1, 0.15) is 0 Å². The molecule has 9 heteroatoms. The zero-order valence-corrected chi connectivity index (χ0v) is 16.7. The molecule has 1 atom stereocenters. The molecule has 1 aliphatic heterocycles. The highest BCUT2D eigenvalue weighted by molar-refractivity contribution is 7.89. The molecule has 1 N–H and O–H groups in total. The van der Waals surface area contributed by atoms with Gasteiger partial charge in [-0.3, -0.25) is 4.79 Å². The largest absolute Gasteiger partial charge is 0.449 e. The van der Waals surface area contributed by atoms with Crippen LogP contribution in [0.5, 0.6) is 0 Å². The lowest BCUT2D eigenvalue weighted by Gasteiger charge is -2.26. The predicted octanol–water partition coefficient (Wildman–Crippen LogP) is 1.89. The minimum absolute atomic E-state index is 0.00441. The van der Waals surface area contributed by atoms with E-state index in [1.165, 1.54) is 35.5 Å².